The van der Waals surface area contributed by atoms with Crippen molar-refractivity contribution in [1.82, 2.24) is 4.98 Å². The highest BCUT2D eigenvalue weighted by molar-refractivity contribution is 7.21. The lowest BCUT2D eigenvalue weighted by atomic mass is 10.1. The van der Waals surface area contributed by atoms with E-state index in [4.69, 9.17) is 9.72 Å². The number of hydrogen-bond acceptors (Lipinski definition) is 4. The maximum atomic E-state index is 12.3. The van der Waals surface area contributed by atoms with Crippen molar-refractivity contribution < 1.29 is 9.53 Å². The summed E-state index contributed by atoms with van der Waals surface area (Å²) in [5, 5.41) is 3.95. The fourth-order valence-electron chi connectivity index (χ4n) is 3.23. The average Bonchev–Trinajstić information content (AvgIpc) is 3.16. The highest BCUT2D eigenvalue weighted by Gasteiger charge is 2.09. The number of rotatable bonds is 6. The van der Waals surface area contributed by atoms with Crippen LogP contribution in [0.25, 0.3) is 20.8 Å². The summed E-state index contributed by atoms with van der Waals surface area (Å²) >= 11 is 1.68. The third-order valence-corrected chi connectivity index (χ3v) is 5.84. The number of hydrogen-bond donors (Lipinski definition) is 1. The molecule has 0 bridgehead atoms. The monoisotopic (exact) mass is 402 g/mol. The quantitative estimate of drug-likeness (QED) is 0.440. The van der Waals surface area contributed by atoms with E-state index in [0.29, 0.717) is 12.8 Å². The van der Waals surface area contributed by atoms with Gasteiger partial charge in [0.2, 0.25) is 5.91 Å². The van der Waals surface area contributed by atoms with Gasteiger partial charge in [-0.25, -0.2) is 4.98 Å². The Morgan fingerprint density at radius 2 is 1.86 bits per heavy atom. The van der Waals surface area contributed by atoms with Crippen molar-refractivity contribution in [2.75, 3.05) is 12.4 Å². The van der Waals surface area contributed by atoms with E-state index in [-0.39, 0.29) is 5.91 Å². The molecule has 4 rings (SSSR count). The Hall–Kier alpha value is -3.18. The van der Waals surface area contributed by atoms with E-state index >= 15 is 0 Å². The number of carbonyl (C=O) groups excluding carboxylic acids is 1. The van der Waals surface area contributed by atoms with Crippen LogP contribution < -0.4 is 10.1 Å². The molecule has 0 spiro atoms. The molecular weight excluding hydrogens is 380 g/mol. The van der Waals surface area contributed by atoms with Crippen LogP contribution in [0, 0.1) is 6.92 Å². The Morgan fingerprint density at radius 3 is 2.66 bits per heavy atom. The zero-order valence-corrected chi connectivity index (χ0v) is 17.3. The Bertz CT molecular complexity index is 1150. The molecule has 1 amide bonds. The van der Waals surface area contributed by atoms with E-state index < -0.39 is 0 Å². The second-order valence-corrected chi connectivity index (χ2v) is 7.96. The Kier molecular flexibility index (Phi) is 5.58. The summed E-state index contributed by atoms with van der Waals surface area (Å²) in [7, 11) is 1.65. The number of fused-ring (bicyclic) bond motifs is 1. The predicted molar refractivity (Wildman–Crippen MR) is 120 cm³/mol. The van der Waals surface area contributed by atoms with Crippen molar-refractivity contribution in [2.24, 2.45) is 0 Å². The zero-order chi connectivity index (χ0) is 20.2. The lowest BCUT2D eigenvalue weighted by Gasteiger charge is -2.09. The van der Waals surface area contributed by atoms with Crippen molar-refractivity contribution in [3.8, 4) is 16.3 Å². The van der Waals surface area contributed by atoms with E-state index in [0.717, 1.165) is 33.1 Å². The smallest absolute Gasteiger partial charge is 0.224 e. The molecule has 1 aromatic heterocycles. The second kappa shape index (κ2) is 8.45. The number of nitrogens with one attached hydrogen (secondary N) is 1. The molecule has 0 saturated heterocycles. The van der Waals surface area contributed by atoms with Crippen molar-refractivity contribution in [2.45, 2.75) is 19.8 Å². The van der Waals surface area contributed by atoms with Crippen LogP contribution in [0.1, 0.15) is 17.5 Å². The van der Waals surface area contributed by atoms with Crippen LogP contribution >= 0.6 is 11.3 Å². The molecule has 4 nitrogen and oxygen atoms in total. The zero-order valence-electron chi connectivity index (χ0n) is 16.4. The Morgan fingerprint density at radius 1 is 1.07 bits per heavy atom. The minimum atomic E-state index is -0.0147. The first-order chi connectivity index (χ1) is 14.1. The molecule has 0 fully saturated rings. The first-order valence-corrected chi connectivity index (χ1v) is 10.3. The summed E-state index contributed by atoms with van der Waals surface area (Å²) in [6.07, 6.45) is 1.04. The number of carbonyl (C=O) groups is 1. The molecule has 1 N–H and O–H groups in total. The number of thiazole rings is 1. The standard InChI is InChI=1S/C24H22N2O2S/c1-16-7-13-20-22(15-16)29-24(26-20)18-8-11-19(12-9-18)25-23(27)14-10-17-5-3-4-6-21(17)28-2/h3-9,11-13,15H,10,14H2,1-2H3,(H,25,27). The molecule has 0 aliphatic rings. The van der Waals surface area contributed by atoms with Gasteiger partial charge in [-0.1, -0.05) is 24.3 Å². The van der Waals surface area contributed by atoms with Gasteiger partial charge in [0.1, 0.15) is 10.8 Å². The van der Waals surface area contributed by atoms with Crippen molar-refractivity contribution in [1.29, 1.82) is 0 Å². The third-order valence-electron chi connectivity index (χ3n) is 4.77. The van der Waals surface area contributed by atoms with E-state index in [1.54, 1.807) is 18.4 Å². The number of anilines is 1. The predicted octanol–water partition coefficient (Wildman–Crippen LogP) is 5.85. The van der Waals surface area contributed by atoms with Gasteiger partial charge in [0.15, 0.2) is 0 Å². The molecule has 146 valence electrons. The summed E-state index contributed by atoms with van der Waals surface area (Å²) < 4.78 is 6.53. The van der Waals surface area contributed by atoms with Crippen LogP contribution in [0.15, 0.2) is 66.7 Å². The van der Waals surface area contributed by atoms with Gasteiger partial charge in [-0.05, 0) is 66.9 Å². The molecule has 4 aromatic rings. The highest BCUT2D eigenvalue weighted by Crippen LogP contribution is 2.31. The van der Waals surface area contributed by atoms with Crippen LogP contribution in [0.3, 0.4) is 0 Å². The van der Waals surface area contributed by atoms with Gasteiger partial charge in [-0.15, -0.1) is 11.3 Å². The van der Waals surface area contributed by atoms with Crippen LogP contribution in [-0.4, -0.2) is 18.0 Å². The van der Waals surface area contributed by atoms with Crippen molar-refractivity contribution >= 4 is 33.1 Å². The van der Waals surface area contributed by atoms with E-state index in [1.165, 1.54) is 10.3 Å². The summed E-state index contributed by atoms with van der Waals surface area (Å²) in [5.41, 5.74) is 5.13. The minimum Gasteiger partial charge on any atom is -0.496 e. The lowest BCUT2D eigenvalue weighted by Crippen LogP contribution is -2.12. The normalized spacial score (nSPS) is 10.8. The number of aryl methyl sites for hydroxylation is 2. The maximum absolute atomic E-state index is 12.3. The molecule has 0 unspecified atom stereocenters. The number of para-hydroxylation sites is 1. The summed E-state index contributed by atoms with van der Waals surface area (Å²) in [6.45, 7) is 2.09. The van der Waals surface area contributed by atoms with Gasteiger partial charge in [0.05, 0.1) is 17.3 Å². The SMILES string of the molecule is COc1ccccc1CCC(=O)Nc1ccc(-c2nc3ccc(C)cc3s2)cc1. The number of aromatic nitrogens is 1. The largest absolute Gasteiger partial charge is 0.496 e. The van der Waals surface area contributed by atoms with Crippen molar-refractivity contribution in [3.05, 3.63) is 77.9 Å². The average molecular weight is 403 g/mol. The van der Waals surface area contributed by atoms with Gasteiger partial charge in [-0.2, -0.15) is 0 Å². The van der Waals surface area contributed by atoms with Gasteiger partial charge in [0, 0.05) is 17.7 Å². The van der Waals surface area contributed by atoms with Crippen LogP contribution in [0.4, 0.5) is 5.69 Å². The first kappa shape index (κ1) is 19.2. The molecule has 1 heterocycles. The molecule has 0 aliphatic carbocycles. The van der Waals surface area contributed by atoms with E-state index in [1.807, 2.05) is 48.5 Å². The van der Waals surface area contributed by atoms with Gasteiger partial charge in [-0.3, -0.25) is 4.79 Å². The number of methoxy groups -OCH3 is 1. The Balaban J connectivity index is 1.40. The molecule has 5 heteroatoms. The fourth-order valence-corrected chi connectivity index (χ4v) is 4.30. The topological polar surface area (TPSA) is 51.2 Å². The molecule has 29 heavy (non-hydrogen) atoms. The van der Waals surface area contributed by atoms with Crippen molar-refractivity contribution in [3.63, 3.8) is 0 Å². The Labute approximate surface area is 174 Å². The van der Waals surface area contributed by atoms with Crippen LogP contribution in [0.2, 0.25) is 0 Å². The molecule has 0 atom stereocenters. The summed E-state index contributed by atoms with van der Waals surface area (Å²) in [4.78, 5) is 17.0. The van der Waals surface area contributed by atoms with E-state index in [2.05, 4.69) is 30.4 Å². The number of nitrogens with zero attached hydrogens (tertiary/aromatic N) is 1. The molecule has 0 saturated carbocycles. The summed E-state index contributed by atoms with van der Waals surface area (Å²) in [5.74, 6) is 0.801. The number of benzene rings is 3. The highest BCUT2D eigenvalue weighted by atomic mass is 32.1. The van der Waals surface area contributed by atoms with Crippen LogP contribution in [0.5, 0.6) is 5.75 Å². The minimum absolute atomic E-state index is 0.0147. The molecule has 0 aliphatic heterocycles. The van der Waals surface area contributed by atoms with E-state index in [9.17, 15) is 4.79 Å². The molecule has 3 aromatic carbocycles. The molecular formula is C24H22N2O2S. The lowest BCUT2D eigenvalue weighted by molar-refractivity contribution is -0.116. The maximum Gasteiger partial charge on any atom is 0.224 e. The van der Waals surface area contributed by atoms with Gasteiger partial charge in [0.25, 0.3) is 0 Å². The van der Waals surface area contributed by atoms with Gasteiger partial charge >= 0.3 is 0 Å². The fraction of sp³-hybridized carbons (Fsp3) is 0.167. The first-order valence-electron chi connectivity index (χ1n) is 9.52. The van der Waals surface area contributed by atoms with Gasteiger partial charge < -0.3 is 10.1 Å². The van der Waals surface area contributed by atoms with Crippen LogP contribution in [-0.2, 0) is 11.2 Å². The third kappa shape index (κ3) is 4.46. The molecule has 0 radical (unpaired) electrons. The number of ether oxygens (including phenoxy) is 1. The second-order valence-electron chi connectivity index (χ2n) is 6.93. The number of amides is 1. The summed E-state index contributed by atoms with van der Waals surface area (Å²) in [6, 6.07) is 21.9.